The van der Waals surface area contributed by atoms with E-state index in [1.54, 1.807) is 49.4 Å². The fourth-order valence-electron chi connectivity index (χ4n) is 4.41. The number of ether oxygens (including phenoxy) is 2. The number of aromatic nitrogens is 1. The lowest BCUT2D eigenvalue weighted by molar-refractivity contribution is -0.148. The number of likely N-dealkylation sites (tertiary alicyclic amines) is 1. The Kier molecular flexibility index (Phi) is 8.60. The fraction of sp³-hybridized carbons (Fsp3) is 0.321. The number of carboxylic acids is 1. The number of aliphatic carboxylic acids is 1. The zero-order chi connectivity index (χ0) is 27.9. The number of hydrogen-bond donors (Lipinski definition) is 4. The molecule has 2 aromatic carbocycles. The maximum absolute atomic E-state index is 12.6. The van der Waals surface area contributed by atoms with E-state index in [4.69, 9.17) is 25.7 Å². The highest BCUT2D eigenvalue weighted by atomic mass is 16.5. The number of nitrogens with one attached hydrogen (secondary N) is 2. The minimum Gasteiger partial charge on any atom is -0.491 e. The van der Waals surface area contributed by atoms with Gasteiger partial charge in [-0.2, -0.15) is 0 Å². The number of carbonyl (C=O) groups excluding carboxylic acids is 2. The molecule has 1 aliphatic rings. The van der Waals surface area contributed by atoms with E-state index in [2.05, 4.69) is 10.3 Å². The van der Waals surface area contributed by atoms with Crippen molar-refractivity contribution >= 4 is 40.1 Å². The number of amidine groups is 1. The Labute approximate surface area is 225 Å². The van der Waals surface area contributed by atoms with Crippen molar-refractivity contribution < 1.29 is 29.0 Å². The van der Waals surface area contributed by atoms with Crippen LogP contribution in [0.5, 0.6) is 11.5 Å². The Balaban J connectivity index is 1.31. The molecular weight excluding hydrogens is 502 g/mol. The van der Waals surface area contributed by atoms with Gasteiger partial charge in [-0.1, -0.05) is 0 Å². The number of benzene rings is 2. The third kappa shape index (κ3) is 7.01. The normalized spacial score (nSPS) is 13.6. The standard InChI is InChI=1S/C28H31N5O6/c1-17(29)33-11-7-22(8-12-33)39-21-4-2-18(3-5-21)27(35)32-10-13-38-25-16-23-19(6-9-31-26(23)30)14-20(25)15-24(34)28(36)37/h2-6,9,14,16,22,29H,7-8,10-13,15H2,1H3,(H2,30,31)(H,32,35)(H,36,37). The number of fused-ring (bicyclic) bond motifs is 1. The lowest BCUT2D eigenvalue weighted by Crippen LogP contribution is -2.40. The number of pyridine rings is 1. The molecule has 11 nitrogen and oxygen atoms in total. The van der Waals surface area contributed by atoms with E-state index in [9.17, 15) is 14.4 Å². The van der Waals surface area contributed by atoms with Crippen LogP contribution in [0.1, 0.15) is 35.7 Å². The van der Waals surface area contributed by atoms with Crippen LogP contribution >= 0.6 is 0 Å². The maximum atomic E-state index is 12.6. The van der Waals surface area contributed by atoms with Crippen LogP contribution in [0.25, 0.3) is 10.8 Å². The highest BCUT2D eigenvalue weighted by molar-refractivity contribution is 6.33. The number of piperidine rings is 1. The van der Waals surface area contributed by atoms with Crippen molar-refractivity contribution in [2.45, 2.75) is 32.3 Å². The van der Waals surface area contributed by atoms with Crippen molar-refractivity contribution in [1.29, 1.82) is 5.41 Å². The first kappa shape index (κ1) is 27.4. The third-order valence-electron chi connectivity index (χ3n) is 6.55. The van der Waals surface area contributed by atoms with Gasteiger partial charge in [-0.3, -0.25) is 15.0 Å². The summed E-state index contributed by atoms with van der Waals surface area (Å²) in [5, 5.41) is 20.8. The number of anilines is 1. The number of ketones is 1. The van der Waals surface area contributed by atoms with E-state index in [1.807, 2.05) is 4.90 Å². The van der Waals surface area contributed by atoms with Crippen LogP contribution in [-0.2, 0) is 16.0 Å². The largest absolute Gasteiger partial charge is 0.491 e. The molecule has 1 fully saturated rings. The molecule has 0 spiro atoms. The summed E-state index contributed by atoms with van der Waals surface area (Å²) in [6.45, 7) is 3.64. The summed E-state index contributed by atoms with van der Waals surface area (Å²) in [4.78, 5) is 41.6. The van der Waals surface area contributed by atoms with E-state index in [0.717, 1.165) is 25.9 Å². The number of nitrogen functional groups attached to an aromatic ring is 1. The molecule has 1 saturated heterocycles. The van der Waals surface area contributed by atoms with Gasteiger partial charge in [0.25, 0.3) is 5.91 Å². The van der Waals surface area contributed by atoms with Crippen LogP contribution in [0.4, 0.5) is 5.82 Å². The van der Waals surface area contributed by atoms with Gasteiger partial charge in [-0.25, -0.2) is 9.78 Å². The van der Waals surface area contributed by atoms with Crippen molar-refractivity contribution in [3.8, 4) is 11.5 Å². The zero-order valence-electron chi connectivity index (χ0n) is 21.6. The second kappa shape index (κ2) is 12.2. The molecule has 204 valence electrons. The minimum absolute atomic E-state index is 0.0781. The van der Waals surface area contributed by atoms with Gasteiger partial charge in [0.2, 0.25) is 5.78 Å². The van der Waals surface area contributed by atoms with Crippen LogP contribution < -0.4 is 20.5 Å². The van der Waals surface area contributed by atoms with E-state index in [-0.39, 0.29) is 37.4 Å². The van der Waals surface area contributed by atoms with Crippen LogP contribution in [0.2, 0.25) is 0 Å². The molecular formula is C28H31N5O6. The summed E-state index contributed by atoms with van der Waals surface area (Å²) in [7, 11) is 0. The van der Waals surface area contributed by atoms with Crippen LogP contribution in [0.3, 0.4) is 0 Å². The second-order valence-electron chi connectivity index (χ2n) is 9.30. The number of carbonyl (C=O) groups is 3. The first-order valence-corrected chi connectivity index (χ1v) is 12.6. The summed E-state index contributed by atoms with van der Waals surface area (Å²) < 4.78 is 11.8. The van der Waals surface area contributed by atoms with Gasteiger partial charge in [-0.05, 0) is 54.8 Å². The highest BCUT2D eigenvalue weighted by Crippen LogP contribution is 2.29. The van der Waals surface area contributed by atoms with Gasteiger partial charge < -0.3 is 30.5 Å². The molecule has 11 heteroatoms. The van der Waals surface area contributed by atoms with Gasteiger partial charge in [0.1, 0.15) is 30.0 Å². The molecule has 0 saturated carbocycles. The first-order valence-electron chi connectivity index (χ1n) is 12.6. The van der Waals surface area contributed by atoms with Crippen molar-refractivity contribution in [1.82, 2.24) is 15.2 Å². The van der Waals surface area contributed by atoms with Gasteiger partial charge in [0, 0.05) is 55.1 Å². The van der Waals surface area contributed by atoms with Crippen molar-refractivity contribution in [2.24, 2.45) is 0 Å². The van der Waals surface area contributed by atoms with Gasteiger partial charge in [0.15, 0.2) is 0 Å². The predicted octanol–water partition coefficient (Wildman–Crippen LogP) is 2.66. The van der Waals surface area contributed by atoms with Gasteiger partial charge in [0.05, 0.1) is 12.4 Å². The number of nitrogens with two attached hydrogens (primary N) is 1. The monoisotopic (exact) mass is 533 g/mol. The van der Waals surface area contributed by atoms with E-state index in [0.29, 0.717) is 39.2 Å². The number of amides is 1. The van der Waals surface area contributed by atoms with Crippen LogP contribution in [-0.4, -0.2) is 70.8 Å². The average molecular weight is 534 g/mol. The third-order valence-corrected chi connectivity index (χ3v) is 6.55. The van der Waals surface area contributed by atoms with Crippen molar-refractivity contribution in [3.05, 3.63) is 59.8 Å². The van der Waals surface area contributed by atoms with E-state index >= 15 is 0 Å². The molecule has 0 unspecified atom stereocenters. The number of Topliss-reactive ketones (excluding diaryl/α,β-unsaturated/α-hetero) is 1. The fourth-order valence-corrected chi connectivity index (χ4v) is 4.41. The van der Waals surface area contributed by atoms with Crippen LogP contribution in [0, 0.1) is 5.41 Å². The molecule has 0 radical (unpaired) electrons. The summed E-state index contributed by atoms with van der Waals surface area (Å²) >= 11 is 0. The summed E-state index contributed by atoms with van der Waals surface area (Å²) in [6, 6.07) is 11.9. The molecule has 0 atom stereocenters. The molecule has 4 rings (SSSR count). The molecule has 1 amide bonds. The molecule has 3 aromatic rings. The Hall–Kier alpha value is -4.67. The molecule has 2 heterocycles. The highest BCUT2D eigenvalue weighted by Gasteiger charge is 2.21. The molecule has 5 N–H and O–H groups in total. The van der Waals surface area contributed by atoms with Crippen LogP contribution in [0.15, 0.2) is 48.7 Å². The minimum atomic E-state index is -1.53. The topological polar surface area (TPSA) is 168 Å². The number of rotatable bonds is 10. The predicted molar refractivity (Wildman–Crippen MR) is 145 cm³/mol. The summed E-state index contributed by atoms with van der Waals surface area (Å²) in [6.07, 6.45) is 2.94. The summed E-state index contributed by atoms with van der Waals surface area (Å²) in [5.74, 6) is -0.935. The molecule has 0 aliphatic carbocycles. The first-order chi connectivity index (χ1) is 18.7. The molecule has 1 aromatic heterocycles. The zero-order valence-corrected chi connectivity index (χ0v) is 21.6. The van der Waals surface area contributed by atoms with Gasteiger partial charge in [-0.15, -0.1) is 0 Å². The molecule has 1 aliphatic heterocycles. The molecule has 39 heavy (non-hydrogen) atoms. The lowest BCUT2D eigenvalue weighted by Gasteiger charge is -2.32. The van der Waals surface area contributed by atoms with Crippen molar-refractivity contribution in [3.63, 3.8) is 0 Å². The Morgan fingerprint density at radius 3 is 2.54 bits per heavy atom. The molecule has 0 bridgehead atoms. The Morgan fingerprint density at radius 1 is 1.15 bits per heavy atom. The average Bonchev–Trinajstić information content (AvgIpc) is 2.92. The quantitative estimate of drug-likeness (QED) is 0.132. The number of carboxylic acid groups (broad SMARTS) is 1. The van der Waals surface area contributed by atoms with E-state index < -0.39 is 11.8 Å². The smallest absolute Gasteiger partial charge is 0.372 e. The number of nitrogens with zero attached hydrogens (tertiary/aromatic N) is 2. The lowest BCUT2D eigenvalue weighted by atomic mass is 10.0. The Bertz CT molecular complexity index is 1380. The van der Waals surface area contributed by atoms with Gasteiger partial charge >= 0.3 is 5.97 Å². The number of hydrogen-bond acceptors (Lipinski definition) is 8. The maximum Gasteiger partial charge on any atom is 0.372 e. The summed E-state index contributed by atoms with van der Waals surface area (Å²) in [5.41, 5.74) is 6.83. The SMILES string of the molecule is CC(=N)N1CCC(Oc2ccc(C(=O)NCCOc3cc4c(N)nccc4cc3CC(=O)C(=O)O)cc2)CC1. The Morgan fingerprint density at radius 2 is 1.87 bits per heavy atom. The second-order valence-corrected chi connectivity index (χ2v) is 9.30. The van der Waals surface area contributed by atoms with Crippen molar-refractivity contribution in [2.75, 3.05) is 32.0 Å². The van der Waals surface area contributed by atoms with E-state index in [1.165, 1.54) is 6.20 Å².